The van der Waals surface area contributed by atoms with Crippen LogP contribution < -0.4 is 15.5 Å². The molecular weight excluding hydrogens is 492 g/mol. The van der Waals surface area contributed by atoms with Crippen molar-refractivity contribution in [3.8, 4) is 17.1 Å². The summed E-state index contributed by atoms with van der Waals surface area (Å²) in [6.07, 6.45) is 4.68. The third-order valence-electron chi connectivity index (χ3n) is 7.04. The molecular formula is C26H29ClN8O2. The van der Waals surface area contributed by atoms with E-state index in [4.69, 9.17) is 32.3 Å². The number of rotatable bonds is 7. The number of hydrogen-bond donors (Lipinski definition) is 2. The molecule has 0 radical (unpaired) electrons. The quantitative estimate of drug-likeness (QED) is 0.381. The zero-order valence-electron chi connectivity index (χ0n) is 20.8. The summed E-state index contributed by atoms with van der Waals surface area (Å²) in [4.78, 5) is 35.0. The fourth-order valence-corrected chi connectivity index (χ4v) is 4.69. The van der Waals surface area contributed by atoms with Crippen molar-refractivity contribution in [1.82, 2.24) is 24.5 Å². The number of pyridine rings is 1. The maximum absolute atomic E-state index is 12.1. The Morgan fingerprint density at radius 2 is 1.78 bits per heavy atom. The van der Waals surface area contributed by atoms with Gasteiger partial charge in [-0.05, 0) is 49.2 Å². The average Bonchev–Trinajstić information content (AvgIpc) is 3.29. The van der Waals surface area contributed by atoms with Crippen LogP contribution in [0.1, 0.15) is 19.8 Å². The van der Waals surface area contributed by atoms with Crippen LogP contribution in [0.5, 0.6) is 0 Å². The van der Waals surface area contributed by atoms with Crippen molar-refractivity contribution in [3.63, 3.8) is 0 Å². The molecule has 1 aliphatic rings. The van der Waals surface area contributed by atoms with Gasteiger partial charge < -0.3 is 20.6 Å². The first-order chi connectivity index (χ1) is 17.8. The molecule has 192 valence electrons. The number of carbonyl (C=O) groups excluding carboxylic acids is 1. The number of piperidine rings is 1. The minimum absolute atomic E-state index is 0.0351. The molecule has 0 saturated carbocycles. The SMILES string of the molecule is CN(CCO)c1nc(N2CCC(C)(C(N)=O)CC2)c2nc(-c3ccncc3)n(-c3ccc(Cl)cc3)c2n1. The normalized spacial score (nSPS) is 15.2. The summed E-state index contributed by atoms with van der Waals surface area (Å²) < 4.78 is 1.99. The van der Waals surface area contributed by atoms with Gasteiger partial charge in [0.15, 0.2) is 17.0 Å². The third-order valence-corrected chi connectivity index (χ3v) is 7.29. The van der Waals surface area contributed by atoms with Gasteiger partial charge in [0.1, 0.15) is 5.82 Å². The van der Waals surface area contributed by atoms with Crippen molar-refractivity contribution >= 4 is 40.4 Å². The number of aliphatic hydroxyl groups is 1. The summed E-state index contributed by atoms with van der Waals surface area (Å²) >= 11 is 6.19. The van der Waals surface area contributed by atoms with Gasteiger partial charge in [0.05, 0.1) is 6.61 Å². The van der Waals surface area contributed by atoms with E-state index in [0.29, 0.717) is 66.3 Å². The number of nitrogens with zero attached hydrogens (tertiary/aromatic N) is 7. The van der Waals surface area contributed by atoms with E-state index < -0.39 is 5.41 Å². The summed E-state index contributed by atoms with van der Waals surface area (Å²) in [6.45, 7) is 3.46. The number of likely N-dealkylation sites (N-methyl/N-ethyl adjacent to an activating group) is 1. The Hall–Kier alpha value is -3.76. The summed E-state index contributed by atoms with van der Waals surface area (Å²) in [5.74, 6) is 1.56. The molecule has 5 rings (SSSR count). The number of fused-ring (bicyclic) bond motifs is 1. The number of benzene rings is 1. The zero-order chi connectivity index (χ0) is 26.2. The van der Waals surface area contributed by atoms with Gasteiger partial charge in [-0.25, -0.2) is 4.98 Å². The lowest BCUT2D eigenvalue weighted by atomic mass is 9.80. The lowest BCUT2D eigenvalue weighted by molar-refractivity contribution is -0.127. The van der Waals surface area contributed by atoms with Gasteiger partial charge in [0.2, 0.25) is 11.9 Å². The minimum Gasteiger partial charge on any atom is -0.395 e. The number of aromatic nitrogens is 5. The number of hydrogen-bond acceptors (Lipinski definition) is 8. The van der Waals surface area contributed by atoms with E-state index in [1.165, 1.54) is 0 Å². The molecule has 3 N–H and O–H groups in total. The van der Waals surface area contributed by atoms with Crippen molar-refractivity contribution in [2.75, 3.05) is 43.1 Å². The van der Waals surface area contributed by atoms with E-state index in [1.807, 2.05) is 59.8 Å². The molecule has 0 bridgehead atoms. The van der Waals surface area contributed by atoms with E-state index in [1.54, 1.807) is 12.4 Å². The first-order valence-electron chi connectivity index (χ1n) is 12.1. The maximum atomic E-state index is 12.1. The molecule has 10 nitrogen and oxygen atoms in total. The molecule has 1 amide bonds. The van der Waals surface area contributed by atoms with Crippen LogP contribution >= 0.6 is 11.6 Å². The number of carbonyl (C=O) groups is 1. The standard InChI is InChI=1S/C26H29ClN8O2/c1-26(24(28)37)9-13-34(14-10-26)22-20-23(32-25(31-22)33(2)15-16-36)35(19-5-3-18(27)4-6-19)21(30-20)17-7-11-29-12-8-17/h3-8,11-12,36H,9-10,13-16H2,1-2H3,(H2,28,37). The predicted molar refractivity (Wildman–Crippen MR) is 144 cm³/mol. The van der Waals surface area contributed by atoms with E-state index >= 15 is 0 Å². The van der Waals surface area contributed by atoms with Gasteiger partial charge in [-0.2, -0.15) is 9.97 Å². The molecule has 4 heterocycles. The van der Waals surface area contributed by atoms with Crippen LogP contribution in [-0.4, -0.2) is 68.8 Å². The zero-order valence-corrected chi connectivity index (χ0v) is 21.6. The van der Waals surface area contributed by atoms with E-state index in [9.17, 15) is 9.90 Å². The van der Waals surface area contributed by atoms with Crippen LogP contribution in [-0.2, 0) is 4.79 Å². The van der Waals surface area contributed by atoms with E-state index in [-0.39, 0.29) is 12.5 Å². The Balaban J connectivity index is 1.74. The molecule has 37 heavy (non-hydrogen) atoms. The first-order valence-corrected chi connectivity index (χ1v) is 12.5. The van der Waals surface area contributed by atoms with Gasteiger partial charge in [0.25, 0.3) is 0 Å². The van der Waals surface area contributed by atoms with Crippen LogP contribution in [0.3, 0.4) is 0 Å². The second-order valence-electron chi connectivity index (χ2n) is 9.56. The number of anilines is 2. The largest absolute Gasteiger partial charge is 0.395 e. The Morgan fingerprint density at radius 1 is 1.11 bits per heavy atom. The molecule has 1 aliphatic heterocycles. The molecule has 0 aliphatic carbocycles. The fourth-order valence-electron chi connectivity index (χ4n) is 4.56. The second-order valence-corrected chi connectivity index (χ2v) is 10.00. The van der Waals surface area contributed by atoms with Crippen molar-refractivity contribution in [2.45, 2.75) is 19.8 Å². The highest BCUT2D eigenvalue weighted by atomic mass is 35.5. The van der Waals surface area contributed by atoms with E-state index in [2.05, 4.69) is 9.88 Å². The van der Waals surface area contributed by atoms with Crippen LogP contribution in [0.25, 0.3) is 28.2 Å². The second kappa shape index (κ2) is 9.95. The smallest absolute Gasteiger partial charge is 0.229 e. The van der Waals surface area contributed by atoms with Gasteiger partial charge >= 0.3 is 0 Å². The van der Waals surface area contributed by atoms with Crippen LogP contribution in [0.2, 0.25) is 5.02 Å². The Labute approximate surface area is 219 Å². The highest BCUT2D eigenvalue weighted by Gasteiger charge is 2.36. The Kier molecular flexibility index (Phi) is 6.70. The van der Waals surface area contributed by atoms with Crippen LogP contribution in [0.15, 0.2) is 48.8 Å². The molecule has 0 atom stereocenters. The van der Waals surface area contributed by atoms with Crippen molar-refractivity contribution in [2.24, 2.45) is 11.1 Å². The summed E-state index contributed by atoms with van der Waals surface area (Å²) in [7, 11) is 1.84. The summed E-state index contributed by atoms with van der Waals surface area (Å²) in [5.41, 5.74) is 8.13. The fraction of sp³-hybridized carbons (Fsp3) is 0.346. The van der Waals surface area contributed by atoms with E-state index in [0.717, 1.165) is 11.3 Å². The number of primary amides is 1. The molecule has 1 aromatic carbocycles. The summed E-state index contributed by atoms with van der Waals surface area (Å²) in [5, 5.41) is 10.2. The summed E-state index contributed by atoms with van der Waals surface area (Å²) in [6, 6.07) is 11.3. The monoisotopic (exact) mass is 520 g/mol. The Bertz CT molecular complexity index is 1420. The number of aliphatic hydroxyl groups excluding tert-OH is 1. The molecule has 3 aromatic heterocycles. The number of imidazole rings is 1. The highest BCUT2D eigenvalue weighted by Crippen LogP contribution is 2.37. The highest BCUT2D eigenvalue weighted by molar-refractivity contribution is 6.30. The van der Waals surface area contributed by atoms with Gasteiger partial charge in [-0.15, -0.1) is 0 Å². The molecule has 1 saturated heterocycles. The maximum Gasteiger partial charge on any atom is 0.229 e. The van der Waals surface area contributed by atoms with Crippen molar-refractivity contribution < 1.29 is 9.90 Å². The molecule has 1 fully saturated rings. The molecule has 11 heteroatoms. The average molecular weight is 521 g/mol. The van der Waals surface area contributed by atoms with Crippen LogP contribution in [0, 0.1) is 5.41 Å². The Morgan fingerprint density at radius 3 is 2.41 bits per heavy atom. The topological polar surface area (TPSA) is 126 Å². The lowest BCUT2D eigenvalue weighted by Gasteiger charge is -2.38. The minimum atomic E-state index is -0.552. The lowest BCUT2D eigenvalue weighted by Crippen LogP contribution is -2.45. The molecule has 0 unspecified atom stereocenters. The number of nitrogens with two attached hydrogens (primary N) is 1. The van der Waals surface area contributed by atoms with Crippen LogP contribution in [0.4, 0.5) is 11.8 Å². The third kappa shape index (κ3) is 4.70. The van der Waals surface area contributed by atoms with Gasteiger partial charge in [-0.3, -0.25) is 14.3 Å². The molecule has 4 aromatic rings. The van der Waals surface area contributed by atoms with Crippen molar-refractivity contribution in [1.29, 1.82) is 0 Å². The predicted octanol–water partition coefficient (Wildman–Crippen LogP) is 3.05. The van der Waals surface area contributed by atoms with Crippen molar-refractivity contribution in [3.05, 3.63) is 53.8 Å². The number of amides is 1. The van der Waals surface area contributed by atoms with Gasteiger partial charge in [-0.1, -0.05) is 18.5 Å². The molecule has 0 spiro atoms. The first kappa shape index (κ1) is 24.9. The number of halogens is 1. The van der Waals surface area contributed by atoms with Gasteiger partial charge in [0, 0.05) is 60.8 Å².